The Morgan fingerprint density at radius 1 is 1.63 bits per heavy atom. The molecule has 0 bridgehead atoms. The van der Waals surface area contributed by atoms with Gasteiger partial charge in [0.15, 0.2) is 0 Å². The van der Waals surface area contributed by atoms with Crippen molar-refractivity contribution in [3.63, 3.8) is 0 Å². The van der Waals surface area contributed by atoms with Gasteiger partial charge in [0.05, 0.1) is 19.2 Å². The van der Waals surface area contributed by atoms with Gasteiger partial charge in [-0.1, -0.05) is 12.5 Å². The zero-order valence-electron chi connectivity index (χ0n) is 11.3. The van der Waals surface area contributed by atoms with E-state index < -0.39 is 0 Å². The molecule has 2 rings (SSSR count). The van der Waals surface area contributed by atoms with Gasteiger partial charge in [-0.15, -0.1) is 11.3 Å². The van der Waals surface area contributed by atoms with Crippen molar-refractivity contribution in [2.24, 2.45) is 0 Å². The van der Waals surface area contributed by atoms with Crippen molar-refractivity contribution in [2.75, 3.05) is 19.7 Å². The third-order valence-corrected chi connectivity index (χ3v) is 4.73. The van der Waals surface area contributed by atoms with Crippen molar-refractivity contribution in [2.45, 2.75) is 38.3 Å². The van der Waals surface area contributed by atoms with Crippen molar-refractivity contribution in [1.82, 2.24) is 10.2 Å². The van der Waals surface area contributed by atoms with Gasteiger partial charge in [-0.3, -0.25) is 9.69 Å². The fourth-order valence-corrected chi connectivity index (χ4v) is 3.09. The number of hydrogen-bond acceptors (Lipinski definition) is 4. The minimum absolute atomic E-state index is 0.0428. The Bertz CT molecular complexity index is 390. The Morgan fingerprint density at radius 2 is 2.42 bits per heavy atom. The van der Waals surface area contributed by atoms with E-state index >= 15 is 0 Å². The van der Waals surface area contributed by atoms with Crippen molar-refractivity contribution < 1.29 is 9.90 Å². The zero-order valence-corrected chi connectivity index (χ0v) is 12.2. The van der Waals surface area contributed by atoms with Crippen LogP contribution in [0.4, 0.5) is 0 Å². The van der Waals surface area contributed by atoms with Gasteiger partial charge < -0.3 is 10.4 Å². The maximum Gasteiger partial charge on any atom is 0.234 e. The summed E-state index contributed by atoms with van der Waals surface area (Å²) in [4.78, 5) is 15.3. The smallest absolute Gasteiger partial charge is 0.234 e. The first kappa shape index (κ1) is 14.5. The van der Waals surface area contributed by atoms with E-state index in [1.807, 2.05) is 24.4 Å². The molecular weight excluding hydrogens is 260 g/mol. The number of thiophene rings is 1. The number of rotatable bonds is 7. The summed E-state index contributed by atoms with van der Waals surface area (Å²) in [5, 5.41) is 14.1. The van der Waals surface area contributed by atoms with Crippen LogP contribution in [0.15, 0.2) is 17.5 Å². The molecule has 1 fully saturated rings. The van der Waals surface area contributed by atoms with Crippen LogP contribution in [0.2, 0.25) is 0 Å². The second-order valence-corrected chi connectivity index (χ2v) is 6.06. The van der Waals surface area contributed by atoms with Gasteiger partial charge >= 0.3 is 0 Å². The lowest BCUT2D eigenvalue weighted by molar-refractivity contribution is -0.124. The molecule has 1 heterocycles. The molecule has 1 aromatic rings. The molecule has 0 aliphatic heterocycles. The van der Waals surface area contributed by atoms with Gasteiger partial charge in [0.1, 0.15) is 0 Å². The van der Waals surface area contributed by atoms with Crippen LogP contribution in [0.25, 0.3) is 0 Å². The molecule has 1 aliphatic rings. The van der Waals surface area contributed by atoms with Gasteiger partial charge in [-0.25, -0.2) is 0 Å². The highest BCUT2D eigenvalue weighted by atomic mass is 32.1. The lowest BCUT2D eigenvalue weighted by atomic mass is 9.91. The molecule has 1 aromatic heterocycles. The third-order valence-electron chi connectivity index (χ3n) is 3.67. The molecular formula is C14H22N2O2S. The van der Waals surface area contributed by atoms with E-state index in [0.717, 1.165) is 12.8 Å². The molecule has 106 valence electrons. The van der Waals surface area contributed by atoms with Crippen molar-refractivity contribution >= 4 is 17.2 Å². The number of hydrogen-bond donors (Lipinski definition) is 2. The predicted molar refractivity (Wildman–Crippen MR) is 77.2 cm³/mol. The maximum absolute atomic E-state index is 12.0. The lowest BCUT2D eigenvalue weighted by Crippen LogP contribution is -2.47. The number of aliphatic hydroxyl groups is 1. The van der Waals surface area contributed by atoms with Crippen LogP contribution in [-0.2, 0) is 4.79 Å². The monoisotopic (exact) mass is 282 g/mol. The quantitative estimate of drug-likeness (QED) is 0.801. The molecule has 0 spiro atoms. The van der Waals surface area contributed by atoms with Crippen molar-refractivity contribution in [1.29, 1.82) is 0 Å². The third kappa shape index (κ3) is 4.03. The van der Waals surface area contributed by atoms with Crippen LogP contribution in [0.3, 0.4) is 0 Å². The fourth-order valence-electron chi connectivity index (χ4n) is 2.35. The molecule has 1 atom stereocenters. The summed E-state index contributed by atoms with van der Waals surface area (Å²) < 4.78 is 0. The molecule has 2 N–H and O–H groups in total. The van der Waals surface area contributed by atoms with Crippen molar-refractivity contribution in [3.05, 3.63) is 22.4 Å². The Morgan fingerprint density at radius 3 is 2.95 bits per heavy atom. The highest BCUT2D eigenvalue weighted by molar-refractivity contribution is 7.10. The van der Waals surface area contributed by atoms with Gasteiger partial charge in [0.2, 0.25) is 5.91 Å². The number of carbonyl (C=O) groups is 1. The second kappa shape index (κ2) is 7.03. The number of aliphatic hydroxyl groups excluding tert-OH is 1. The average molecular weight is 282 g/mol. The second-order valence-electron chi connectivity index (χ2n) is 5.08. The van der Waals surface area contributed by atoms with E-state index in [1.54, 1.807) is 11.3 Å². The van der Waals surface area contributed by atoms with Crippen LogP contribution in [-0.4, -0.2) is 41.7 Å². The summed E-state index contributed by atoms with van der Waals surface area (Å²) in [6.45, 7) is 3.10. The Kier molecular flexibility index (Phi) is 5.36. The summed E-state index contributed by atoms with van der Waals surface area (Å²) in [6, 6.07) is 4.57. The topological polar surface area (TPSA) is 52.6 Å². The fraction of sp³-hybridized carbons (Fsp3) is 0.643. The first-order valence-corrected chi connectivity index (χ1v) is 7.76. The maximum atomic E-state index is 12.0. The van der Waals surface area contributed by atoms with Crippen LogP contribution in [0.1, 0.15) is 37.1 Å². The van der Waals surface area contributed by atoms with Crippen LogP contribution in [0, 0.1) is 0 Å². The highest BCUT2D eigenvalue weighted by Gasteiger charge is 2.26. The Balaban J connectivity index is 1.81. The zero-order chi connectivity index (χ0) is 13.7. The van der Waals surface area contributed by atoms with E-state index in [4.69, 9.17) is 5.11 Å². The minimum Gasteiger partial charge on any atom is -0.395 e. The van der Waals surface area contributed by atoms with Gasteiger partial charge in [-0.2, -0.15) is 0 Å². The van der Waals surface area contributed by atoms with Crippen molar-refractivity contribution in [3.8, 4) is 0 Å². The molecule has 1 unspecified atom stereocenters. The summed E-state index contributed by atoms with van der Waals surface area (Å²) in [6.07, 6.45) is 3.53. The van der Waals surface area contributed by atoms with Crippen LogP contribution in [0.5, 0.6) is 0 Å². The molecule has 1 saturated carbocycles. The largest absolute Gasteiger partial charge is 0.395 e. The molecule has 5 heteroatoms. The van der Waals surface area contributed by atoms with Crippen LogP contribution < -0.4 is 5.32 Å². The Hall–Kier alpha value is -0.910. The number of carbonyl (C=O) groups excluding carboxylic acids is 1. The SMILES string of the molecule is CC(NC(=O)CN(CCO)C1CCC1)c1cccs1. The van der Waals surface area contributed by atoms with E-state index in [9.17, 15) is 4.79 Å². The molecule has 0 saturated heterocycles. The molecule has 4 nitrogen and oxygen atoms in total. The Labute approximate surface area is 118 Å². The average Bonchev–Trinajstić information content (AvgIpc) is 2.79. The first-order valence-electron chi connectivity index (χ1n) is 6.88. The number of nitrogens with one attached hydrogen (secondary N) is 1. The summed E-state index contributed by atoms with van der Waals surface area (Å²) in [5.41, 5.74) is 0. The van der Waals surface area contributed by atoms with Gasteiger partial charge in [0, 0.05) is 17.5 Å². The standard InChI is InChI=1S/C14H22N2O2S/c1-11(13-6-3-9-19-13)15-14(18)10-16(7-8-17)12-4-2-5-12/h3,6,9,11-12,17H,2,4-5,7-8,10H2,1H3,(H,15,18). The minimum atomic E-state index is 0.0428. The normalized spacial score (nSPS) is 17.2. The van der Waals surface area contributed by atoms with E-state index in [-0.39, 0.29) is 18.6 Å². The summed E-state index contributed by atoms with van der Waals surface area (Å²) in [5.74, 6) is 0.0428. The highest BCUT2D eigenvalue weighted by Crippen LogP contribution is 2.24. The van der Waals surface area contributed by atoms with Crippen LogP contribution >= 0.6 is 11.3 Å². The molecule has 1 amide bonds. The molecule has 1 aliphatic carbocycles. The van der Waals surface area contributed by atoms with E-state index in [0.29, 0.717) is 19.1 Å². The molecule has 0 radical (unpaired) electrons. The van der Waals surface area contributed by atoms with E-state index in [1.165, 1.54) is 11.3 Å². The first-order chi connectivity index (χ1) is 9.20. The molecule has 19 heavy (non-hydrogen) atoms. The van der Waals surface area contributed by atoms with Gasteiger partial charge in [0.25, 0.3) is 0 Å². The molecule has 0 aromatic carbocycles. The van der Waals surface area contributed by atoms with E-state index in [2.05, 4.69) is 10.2 Å². The van der Waals surface area contributed by atoms with Gasteiger partial charge in [-0.05, 0) is 31.2 Å². The lowest BCUT2D eigenvalue weighted by Gasteiger charge is -2.36. The predicted octanol–water partition coefficient (Wildman–Crippen LogP) is 1.77. The summed E-state index contributed by atoms with van der Waals surface area (Å²) in [7, 11) is 0. The summed E-state index contributed by atoms with van der Waals surface area (Å²) >= 11 is 1.66. The number of amides is 1. The number of nitrogens with zero attached hydrogens (tertiary/aromatic N) is 1.